The van der Waals surface area contributed by atoms with E-state index >= 15 is 0 Å². The maximum Gasteiger partial charge on any atom is 1.00 e. The predicted molar refractivity (Wildman–Crippen MR) is 117 cm³/mol. The zero-order valence-corrected chi connectivity index (χ0v) is 21.8. The molecule has 7 nitrogen and oxygen atoms in total. The van der Waals surface area contributed by atoms with Crippen LogP contribution in [0.1, 0.15) is 37.8 Å². The molecule has 0 saturated carbocycles. The molecular formula is C22H23NNaO6S2-. The third-order valence-electron chi connectivity index (χ3n) is 5.24. The number of hydrogen-bond donors (Lipinski definition) is 1. The van der Waals surface area contributed by atoms with Gasteiger partial charge >= 0.3 is 29.6 Å². The molecule has 1 N–H and O–H groups in total. The number of hydrogen-bond acceptors (Lipinski definition) is 8. The smallest absolute Gasteiger partial charge is 0.748 e. The van der Waals surface area contributed by atoms with E-state index in [1.165, 1.54) is 0 Å². The molecule has 0 bridgehead atoms. The Morgan fingerprint density at radius 1 is 1.16 bits per heavy atom. The van der Waals surface area contributed by atoms with Crippen LogP contribution in [0.4, 0.5) is 5.69 Å². The monoisotopic (exact) mass is 484 g/mol. The van der Waals surface area contributed by atoms with Crippen molar-refractivity contribution in [1.29, 1.82) is 0 Å². The first-order valence-electron chi connectivity index (χ1n) is 9.66. The summed E-state index contributed by atoms with van der Waals surface area (Å²) in [5, 5.41) is 16.8. The summed E-state index contributed by atoms with van der Waals surface area (Å²) in [6, 6.07) is 15.4. The van der Waals surface area contributed by atoms with Gasteiger partial charge < -0.3 is 15.1 Å². The zero-order chi connectivity index (χ0) is 22.5. The molecule has 0 spiro atoms. The molecule has 1 aliphatic carbocycles. The van der Waals surface area contributed by atoms with Crippen LogP contribution in [0.2, 0.25) is 0 Å². The number of para-hydroxylation sites is 1. The molecule has 0 fully saturated rings. The van der Waals surface area contributed by atoms with Gasteiger partial charge in [0.2, 0.25) is 0 Å². The Labute approximate surface area is 215 Å². The molecule has 1 aliphatic rings. The Hall–Kier alpha value is -1.14. The molecule has 0 saturated heterocycles. The van der Waals surface area contributed by atoms with E-state index in [4.69, 9.17) is 0 Å². The van der Waals surface area contributed by atoms with Crippen molar-refractivity contribution in [1.82, 2.24) is 0 Å². The Balaban J connectivity index is 0.00000363. The van der Waals surface area contributed by atoms with E-state index in [0.717, 1.165) is 40.0 Å². The summed E-state index contributed by atoms with van der Waals surface area (Å²) in [6.45, 7) is 4.15. The molecule has 3 rings (SSSR count). The molecule has 32 heavy (non-hydrogen) atoms. The second-order valence-electron chi connectivity index (χ2n) is 7.65. The molecule has 166 valence electrons. The van der Waals surface area contributed by atoms with Gasteiger partial charge in [-0.15, -0.1) is 0 Å². The van der Waals surface area contributed by atoms with E-state index in [1.807, 2.05) is 54.7 Å². The van der Waals surface area contributed by atoms with Crippen molar-refractivity contribution in [2.75, 3.05) is 11.1 Å². The predicted octanol–water partition coefficient (Wildman–Crippen LogP) is 0.917. The van der Waals surface area contributed by atoms with E-state index in [0.29, 0.717) is 11.3 Å². The van der Waals surface area contributed by atoms with Gasteiger partial charge in [0.1, 0.15) is 0 Å². The molecule has 2 aromatic carbocycles. The maximum absolute atomic E-state index is 11.1. The fourth-order valence-corrected chi connectivity index (χ4v) is 4.73. The molecule has 0 heterocycles. The van der Waals surface area contributed by atoms with Crippen molar-refractivity contribution in [3.8, 4) is 0 Å². The van der Waals surface area contributed by atoms with Crippen LogP contribution in [-0.4, -0.2) is 18.7 Å². The third-order valence-corrected chi connectivity index (χ3v) is 6.60. The average Bonchev–Trinajstić information content (AvgIpc) is 2.93. The maximum atomic E-state index is 11.1. The van der Waals surface area contributed by atoms with Gasteiger partial charge in [0.15, 0.2) is 0 Å². The summed E-state index contributed by atoms with van der Waals surface area (Å²) in [4.78, 5) is 0.705. The number of rotatable bonds is 10. The molecule has 2 aromatic rings. The van der Waals surface area contributed by atoms with Crippen LogP contribution in [0.25, 0.3) is 5.57 Å². The molecule has 10 heteroatoms. The van der Waals surface area contributed by atoms with Crippen molar-refractivity contribution in [3.63, 3.8) is 0 Å². The third kappa shape index (κ3) is 6.93. The largest absolute Gasteiger partial charge is 1.00 e. The summed E-state index contributed by atoms with van der Waals surface area (Å²) < 4.78 is 37.7. The van der Waals surface area contributed by atoms with E-state index in [-0.39, 0.29) is 41.4 Å². The molecule has 0 radical (unpaired) electrons. The molecular weight excluding hydrogens is 461 g/mol. The normalized spacial score (nSPS) is 15.0. The minimum atomic E-state index is -4.28. The van der Waals surface area contributed by atoms with Gasteiger partial charge in [0.05, 0.1) is 22.2 Å². The minimum absolute atomic E-state index is 0. The van der Waals surface area contributed by atoms with Gasteiger partial charge in [-0.25, -0.2) is 8.42 Å². The van der Waals surface area contributed by atoms with Crippen LogP contribution >= 0.6 is 12.0 Å². The quantitative estimate of drug-likeness (QED) is 0.174. The first-order valence-corrected chi connectivity index (χ1v) is 12.0. The number of anilines is 1. The van der Waals surface area contributed by atoms with Crippen molar-refractivity contribution in [3.05, 3.63) is 77.5 Å². The van der Waals surface area contributed by atoms with Gasteiger partial charge in [-0.2, -0.15) is 4.33 Å². The number of nitrogens with one attached hydrogen (secondary N) is 1. The van der Waals surface area contributed by atoms with Crippen LogP contribution in [0.15, 0.2) is 71.3 Å². The van der Waals surface area contributed by atoms with Crippen LogP contribution in [0.3, 0.4) is 0 Å². The van der Waals surface area contributed by atoms with Crippen molar-refractivity contribution < 1.29 is 57.2 Å². The number of fused-ring (bicyclic) bond motifs is 1. The molecule has 0 unspecified atom stereocenters. The van der Waals surface area contributed by atoms with E-state index in [2.05, 4.69) is 28.5 Å². The molecule has 0 aromatic heterocycles. The SMILES string of the molecule is CC1(C)C(/C=C/Nc2ccccc2)=C(CCCS(=O)(=O)[O-])c2ccc(SOO[O-])cc21.[Na+]. The van der Waals surface area contributed by atoms with Crippen LogP contribution in [0.5, 0.6) is 0 Å². The standard InChI is InChI=1S/C22H25NO6S2.Na/c1-22(2)20(12-13-23-16-7-4-3-5-8-16)18(9-6-14-31(25,26)27)19-11-10-17(15-21(19)22)30-29-28-24;/h3-5,7-8,10-13,15,23-24H,6,9,14H2,1-2H3,(H,25,26,27);/q;+1/p-2/b13-12+;. The van der Waals surface area contributed by atoms with E-state index < -0.39 is 15.9 Å². The van der Waals surface area contributed by atoms with Gasteiger partial charge in [0, 0.05) is 28.0 Å². The second kappa shape index (κ2) is 11.8. The van der Waals surface area contributed by atoms with Crippen LogP contribution < -0.4 is 40.1 Å². The topological polar surface area (TPSA) is 111 Å². The molecule has 0 amide bonds. The first kappa shape index (κ1) is 27.1. The summed E-state index contributed by atoms with van der Waals surface area (Å²) >= 11 is 0.822. The van der Waals surface area contributed by atoms with Gasteiger partial charge in [-0.1, -0.05) is 38.1 Å². The Morgan fingerprint density at radius 2 is 1.88 bits per heavy atom. The Morgan fingerprint density at radius 3 is 2.53 bits per heavy atom. The summed E-state index contributed by atoms with van der Waals surface area (Å²) in [6.07, 6.45) is 4.53. The van der Waals surface area contributed by atoms with Gasteiger partial charge in [-0.05, 0) is 65.5 Å². The van der Waals surface area contributed by atoms with E-state index in [1.54, 1.807) is 6.07 Å². The van der Waals surface area contributed by atoms with Crippen LogP contribution in [0, 0.1) is 0 Å². The number of allylic oxidation sites excluding steroid dienone is 3. The van der Waals surface area contributed by atoms with Gasteiger partial charge in [0.25, 0.3) is 0 Å². The number of benzene rings is 2. The Bertz CT molecular complexity index is 1080. The van der Waals surface area contributed by atoms with Crippen molar-refractivity contribution in [2.24, 2.45) is 0 Å². The summed E-state index contributed by atoms with van der Waals surface area (Å²) in [5.41, 5.74) is 4.58. The Kier molecular flexibility index (Phi) is 10.0. The zero-order valence-electron chi connectivity index (χ0n) is 18.2. The van der Waals surface area contributed by atoms with Gasteiger partial charge in [-0.3, -0.25) is 5.04 Å². The van der Waals surface area contributed by atoms with E-state index in [9.17, 15) is 18.2 Å². The average molecular weight is 485 g/mol. The van der Waals surface area contributed by atoms with Crippen LogP contribution in [-0.2, 0) is 24.9 Å². The minimum Gasteiger partial charge on any atom is -0.748 e. The fourth-order valence-electron chi connectivity index (χ4n) is 3.84. The second-order valence-corrected chi connectivity index (χ2v) is 9.95. The van der Waals surface area contributed by atoms with Crippen molar-refractivity contribution in [2.45, 2.75) is 37.0 Å². The fraction of sp³-hybridized carbons (Fsp3) is 0.273. The summed E-state index contributed by atoms with van der Waals surface area (Å²) in [7, 11) is -4.28. The molecule has 0 aliphatic heterocycles. The first-order chi connectivity index (χ1) is 14.7. The summed E-state index contributed by atoms with van der Waals surface area (Å²) in [5.74, 6) is -0.409. The molecule has 0 atom stereocenters. The van der Waals surface area contributed by atoms with Crippen molar-refractivity contribution >= 4 is 33.4 Å².